The number of nitrogens with two attached hydrogens (primary N) is 1. The summed E-state index contributed by atoms with van der Waals surface area (Å²) in [7, 11) is 0. The highest BCUT2D eigenvalue weighted by molar-refractivity contribution is 5.68. The van der Waals surface area contributed by atoms with Crippen molar-refractivity contribution in [2.75, 3.05) is 26.2 Å². The van der Waals surface area contributed by atoms with Crippen LogP contribution in [0.4, 0.5) is 9.59 Å². The summed E-state index contributed by atoms with van der Waals surface area (Å²) in [6.45, 7) is 8.86. The first kappa shape index (κ1) is 28.5. The van der Waals surface area contributed by atoms with Crippen LogP contribution in [-0.2, 0) is 15.9 Å². The lowest BCUT2D eigenvalue weighted by atomic mass is 9.99. The summed E-state index contributed by atoms with van der Waals surface area (Å²) in [5.74, 6) is 0. The first-order valence-corrected chi connectivity index (χ1v) is 13.2. The largest absolute Gasteiger partial charge is 0.445 e. The van der Waals surface area contributed by atoms with Crippen molar-refractivity contribution in [2.24, 2.45) is 5.73 Å². The van der Waals surface area contributed by atoms with Crippen LogP contribution in [0.2, 0.25) is 0 Å². The summed E-state index contributed by atoms with van der Waals surface area (Å²) < 4.78 is 10.8. The van der Waals surface area contributed by atoms with E-state index in [4.69, 9.17) is 15.2 Å². The van der Waals surface area contributed by atoms with Crippen molar-refractivity contribution in [1.29, 1.82) is 0 Å². The number of carbonyl (C=O) groups excluding carboxylic acids is 2. The number of alkyl carbamates (subject to hydrolysis) is 1. The van der Waals surface area contributed by atoms with Gasteiger partial charge < -0.3 is 30.7 Å². The molecule has 2 amide bonds. The van der Waals surface area contributed by atoms with Crippen LogP contribution in [0.25, 0.3) is 0 Å². The fourth-order valence-corrected chi connectivity index (χ4v) is 4.38. The molecular weight excluding hydrogens is 468 g/mol. The van der Waals surface area contributed by atoms with E-state index in [1.54, 1.807) is 4.90 Å². The van der Waals surface area contributed by atoms with Crippen LogP contribution >= 0.6 is 0 Å². The Kier molecular flexibility index (Phi) is 10.8. The molecule has 2 aromatic carbocycles. The van der Waals surface area contributed by atoms with Gasteiger partial charge in [-0.2, -0.15) is 0 Å². The Morgan fingerprint density at radius 2 is 1.65 bits per heavy atom. The Bertz CT molecular complexity index is 959. The quantitative estimate of drug-likeness (QED) is 0.551. The second-order valence-corrected chi connectivity index (χ2v) is 10.6. The molecule has 37 heavy (non-hydrogen) atoms. The van der Waals surface area contributed by atoms with Gasteiger partial charge in [0.1, 0.15) is 11.7 Å². The van der Waals surface area contributed by atoms with Gasteiger partial charge in [0.25, 0.3) is 0 Å². The first-order valence-electron chi connectivity index (χ1n) is 13.2. The molecule has 1 saturated heterocycles. The molecule has 1 aliphatic heterocycles. The van der Waals surface area contributed by atoms with Gasteiger partial charge in [-0.3, -0.25) is 0 Å². The number of nitrogens with zero attached hydrogens (tertiary/aromatic N) is 1. The second kappa shape index (κ2) is 14.0. The van der Waals surface area contributed by atoms with Crippen molar-refractivity contribution in [3.05, 3.63) is 71.8 Å². The lowest BCUT2D eigenvalue weighted by Crippen LogP contribution is -2.48. The van der Waals surface area contributed by atoms with Crippen LogP contribution in [0, 0.1) is 0 Å². The van der Waals surface area contributed by atoms with Crippen molar-refractivity contribution in [3.8, 4) is 0 Å². The number of ether oxygens (including phenoxy) is 2. The van der Waals surface area contributed by atoms with Gasteiger partial charge in [0.2, 0.25) is 0 Å². The zero-order valence-corrected chi connectivity index (χ0v) is 22.3. The van der Waals surface area contributed by atoms with Gasteiger partial charge in [0, 0.05) is 32.2 Å². The lowest BCUT2D eigenvalue weighted by Gasteiger charge is -2.30. The van der Waals surface area contributed by atoms with Crippen molar-refractivity contribution in [3.63, 3.8) is 0 Å². The number of amides is 2. The molecule has 1 heterocycles. The number of nitrogens with one attached hydrogen (secondary N) is 2. The third kappa shape index (κ3) is 10.1. The maximum Gasteiger partial charge on any atom is 0.410 e. The number of rotatable bonds is 5. The van der Waals surface area contributed by atoms with Gasteiger partial charge in [0.15, 0.2) is 0 Å². The normalized spacial score (nSPS) is 20.3. The molecule has 0 radical (unpaired) electrons. The van der Waals surface area contributed by atoms with Crippen molar-refractivity contribution >= 4 is 12.2 Å². The van der Waals surface area contributed by atoms with Crippen molar-refractivity contribution in [1.82, 2.24) is 15.5 Å². The Morgan fingerprint density at radius 3 is 2.22 bits per heavy atom. The fraction of sp³-hybridized carbons (Fsp3) is 0.517. The molecule has 2 aliphatic rings. The molecule has 2 fully saturated rings. The first-order chi connectivity index (χ1) is 17.7. The monoisotopic (exact) mass is 510 g/mol. The van der Waals surface area contributed by atoms with E-state index < -0.39 is 0 Å². The van der Waals surface area contributed by atoms with E-state index in [2.05, 4.69) is 22.8 Å². The third-order valence-corrected chi connectivity index (χ3v) is 6.31. The second-order valence-electron chi connectivity index (χ2n) is 10.6. The zero-order chi connectivity index (χ0) is 26.7. The molecule has 8 nitrogen and oxygen atoms in total. The summed E-state index contributed by atoms with van der Waals surface area (Å²) in [4.78, 5) is 25.6. The molecular formula is C29H42N4O4. The molecule has 0 spiro atoms. The summed E-state index contributed by atoms with van der Waals surface area (Å²) in [5.41, 5.74) is 7.84. The minimum atomic E-state index is -0.387. The maximum atomic E-state index is 12.3. The SMILES string of the molecule is CC(C)(C)OC(=O)N1CCNCC1.NC1CCCC1OC(=O)NC(Cc1ccccc1)c1ccccc1. The third-order valence-electron chi connectivity index (χ3n) is 6.31. The highest BCUT2D eigenvalue weighted by Crippen LogP contribution is 2.22. The topological polar surface area (TPSA) is 106 Å². The van der Waals surface area contributed by atoms with Gasteiger partial charge in [0.05, 0.1) is 6.04 Å². The molecule has 2 aromatic rings. The summed E-state index contributed by atoms with van der Waals surface area (Å²) in [6.07, 6.45) is 2.75. The van der Waals surface area contributed by atoms with Crippen LogP contribution in [0.3, 0.4) is 0 Å². The van der Waals surface area contributed by atoms with Gasteiger partial charge in [-0.05, 0) is 57.6 Å². The Balaban J connectivity index is 0.000000248. The minimum Gasteiger partial charge on any atom is -0.445 e. The summed E-state index contributed by atoms with van der Waals surface area (Å²) in [6, 6.07) is 19.9. The van der Waals surface area contributed by atoms with E-state index in [0.29, 0.717) is 0 Å². The minimum absolute atomic E-state index is 0.0416. The Hall–Kier alpha value is -3.10. The maximum absolute atomic E-state index is 12.3. The molecule has 0 bridgehead atoms. The Labute approximate surface area is 220 Å². The van der Waals surface area contributed by atoms with Crippen LogP contribution in [0.5, 0.6) is 0 Å². The highest BCUT2D eigenvalue weighted by Gasteiger charge is 2.28. The van der Waals surface area contributed by atoms with Crippen LogP contribution < -0.4 is 16.4 Å². The van der Waals surface area contributed by atoms with Gasteiger partial charge in [-0.1, -0.05) is 60.7 Å². The molecule has 3 unspecified atom stereocenters. The van der Waals surface area contributed by atoms with Gasteiger partial charge >= 0.3 is 12.2 Å². The van der Waals surface area contributed by atoms with E-state index in [1.165, 1.54) is 5.56 Å². The van der Waals surface area contributed by atoms with E-state index in [0.717, 1.165) is 57.4 Å². The predicted octanol–water partition coefficient (Wildman–Crippen LogP) is 4.40. The predicted molar refractivity (Wildman–Crippen MR) is 145 cm³/mol. The molecule has 0 aromatic heterocycles. The number of piperazine rings is 1. The van der Waals surface area contributed by atoms with Crippen LogP contribution in [0.15, 0.2) is 60.7 Å². The van der Waals surface area contributed by atoms with Gasteiger partial charge in [-0.25, -0.2) is 9.59 Å². The standard InChI is InChI=1S/C20H24N2O2.C9H18N2O2/c21-17-12-7-13-19(17)24-20(23)22-18(16-10-5-2-6-11-16)14-15-8-3-1-4-9-15;1-9(2,3)13-8(12)11-6-4-10-5-7-11/h1-6,8-11,17-19H,7,12-14,21H2,(H,22,23);10H,4-7H2,1-3H3. The molecule has 202 valence electrons. The lowest BCUT2D eigenvalue weighted by molar-refractivity contribution is 0.0228. The van der Waals surface area contributed by atoms with E-state index >= 15 is 0 Å². The van der Waals surface area contributed by atoms with E-state index in [9.17, 15) is 9.59 Å². The molecule has 3 atom stereocenters. The summed E-state index contributed by atoms with van der Waals surface area (Å²) >= 11 is 0. The average Bonchev–Trinajstić information content (AvgIpc) is 3.28. The number of hydrogen-bond donors (Lipinski definition) is 3. The molecule has 4 rings (SSSR count). The number of hydrogen-bond acceptors (Lipinski definition) is 6. The average molecular weight is 511 g/mol. The molecule has 1 aliphatic carbocycles. The van der Waals surface area contributed by atoms with Crippen molar-refractivity contribution in [2.45, 2.75) is 70.2 Å². The molecule has 1 saturated carbocycles. The zero-order valence-electron chi connectivity index (χ0n) is 22.3. The van der Waals surface area contributed by atoms with Crippen LogP contribution in [0.1, 0.15) is 57.2 Å². The summed E-state index contributed by atoms with van der Waals surface area (Å²) in [5, 5.41) is 6.20. The van der Waals surface area contributed by atoms with Crippen LogP contribution in [-0.4, -0.2) is 61.0 Å². The molecule has 8 heteroatoms. The number of benzene rings is 2. The smallest absolute Gasteiger partial charge is 0.410 e. The van der Waals surface area contributed by atoms with E-state index in [1.807, 2.05) is 69.3 Å². The Morgan fingerprint density at radius 1 is 1.03 bits per heavy atom. The molecule has 4 N–H and O–H groups in total. The van der Waals surface area contributed by atoms with E-state index in [-0.39, 0.29) is 36.0 Å². The fourth-order valence-electron chi connectivity index (χ4n) is 4.38. The van der Waals surface area contributed by atoms with Crippen molar-refractivity contribution < 1.29 is 19.1 Å². The highest BCUT2D eigenvalue weighted by atomic mass is 16.6. The van der Waals surface area contributed by atoms with Gasteiger partial charge in [-0.15, -0.1) is 0 Å². The number of carbonyl (C=O) groups is 2.